The van der Waals surface area contributed by atoms with Gasteiger partial charge in [-0.15, -0.1) is 0 Å². The van der Waals surface area contributed by atoms with Crippen LogP contribution in [0, 0.1) is 13.8 Å². The summed E-state index contributed by atoms with van der Waals surface area (Å²) in [6.45, 7) is 8.60. The number of amides is 1. The van der Waals surface area contributed by atoms with Crippen LogP contribution in [0.2, 0.25) is 5.15 Å². The first-order chi connectivity index (χ1) is 13.7. The van der Waals surface area contributed by atoms with Crippen LogP contribution in [0.25, 0.3) is 0 Å². The van der Waals surface area contributed by atoms with E-state index in [2.05, 4.69) is 5.10 Å². The molecule has 1 aliphatic heterocycles. The fraction of sp³-hybridized carbons (Fsp3) is 0.476. The number of rotatable bonds is 5. The summed E-state index contributed by atoms with van der Waals surface area (Å²) in [4.78, 5) is 26.6. The Labute approximate surface area is 175 Å². The van der Waals surface area contributed by atoms with Crippen molar-refractivity contribution in [2.24, 2.45) is 0 Å². The van der Waals surface area contributed by atoms with Gasteiger partial charge in [0.2, 0.25) is 0 Å². The van der Waals surface area contributed by atoms with Crippen LogP contribution < -0.4 is 0 Å². The molecule has 2 aromatic rings. The summed E-state index contributed by atoms with van der Waals surface area (Å²) in [5.74, 6) is -0.897. The number of nitrogens with zero attached hydrogens (tertiary/aromatic N) is 3. The molecule has 2 atom stereocenters. The molecule has 0 radical (unpaired) electrons. The second-order valence-corrected chi connectivity index (χ2v) is 7.88. The van der Waals surface area contributed by atoms with Crippen LogP contribution in [0.1, 0.15) is 41.0 Å². The number of carbonyl (C=O) groups excluding carboxylic acids is 2. The Morgan fingerprint density at radius 1 is 1.17 bits per heavy atom. The summed E-state index contributed by atoms with van der Waals surface area (Å²) >= 11 is 6.40. The molecule has 0 unspecified atom stereocenters. The predicted molar refractivity (Wildman–Crippen MR) is 109 cm³/mol. The molecule has 1 aromatic carbocycles. The number of aryl methyl sites for hydroxylation is 2. The van der Waals surface area contributed by atoms with E-state index in [4.69, 9.17) is 21.1 Å². The lowest BCUT2D eigenvalue weighted by Crippen LogP contribution is -2.49. The molecule has 0 bridgehead atoms. The fourth-order valence-corrected chi connectivity index (χ4v) is 3.74. The lowest BCUT2D eigenvalue weighted by atomic mass is 10.1. The average Bonchev–Trinajstić information content (AvgIpc) is 2.94. The first-order valence-electron chi connectivity index (χ1n) is 9.63. The molecule has 1 aromatic heterocycles. The quantitative estimate of drug-likeness (QED) is 0.696. The predicted octanol–water partition coefficient (Wildman–Crippen LogP) is 2.99. The third kappa shape index (κ3) is 5.16. The number of morpholine rings is 1. The van der Waals surface area contributed by atoms with Crippen LogP contribution in [0.15, 0.2) is 24.3 Å². The molecule has 1 saturated heterocycles. The minimum Gasteiger partial charge on any atom is -0.452 e. The SMILES string of the molecule is Cc1ccc(Cn2nc(C)c(C(=O)OCC(=O)N3C[C@@H](C)O[C@@H](C)C3)c2Cl)cc1. The number of carbonyl (C=O) groups is 2. The first-order valence-corrected chi connectivity index (χ1v) is 10.0. The summed E-state index contributed by atoms with van der Waals surface area (Å²) in [7, 11) is 0. The highest BCUT2D eigenvalue weighted by molar-refractivity contribution is 6.32. The lowest BCUT2D eigenvalue weighted by Gasteiger charge is -2.35. The summed E-state index contributed by atoms with van der Waals surface area (Å²) in [6.07, 6.45) is -0.0924. The van der Waals surface area contributed by atoms with Gasteiger partial charge in [-0.25, -0.2) is 9.48 Å². The van der Waals surface area contributed by atoms with Crippen molar-refractivity contribution in [2.45, 2.75) is 46.4 Å². The van der Waals surface area contributed by atoms with Crippen molar-refractivity contribution in [3.05, 3.63) is 51.8 Å². The van der Waals surface area contributed by atoms with Gasteiger partial charge >= 0.3 is 5.97 Å². The smallest absolute Gasteiger partial charge is 0.343 e. The summed E-state index contributed by atoms with van der Waals surface area (Å²) in [5, 5.41) is 4.56. The molecule has 156 valence electrons. The van der Waals surface area contributed by atoms with Crippen LogP contribution in [0.4, 0.5) is 0 Å². The Hall–Kier alpha value is -2.38. The largest absolute Gasteiger partial charge is 0.452 e. The third-order valence-corrected chi connectivity index (χ3v) is 5.21. The molecule has 0 spiro atoms. The summed E-state index contributed by atoms with van der Waals surface area (Å²) in [6, 6.07) is 7.99. The van der Waals surface area contributed by atoms with Crippen molar-refractivity contribution >= 4 is 23.5 Å². The number of benzene rings is 1. The van der Waals surface area contributed by atoms with Crippen molar-refractivity contribution < 1.29 is 19.1 Å². The summed E-state index contributed by atoms with van der Waals surface area (Å²) < 4.78 is 12.4. The summed E-state index contributed by atoms with van der Waals surface area (Å²) in [5.41, 5.74) is 2.84. The Bertz CT molecular complexity index is 884. The highest BCUT2D eigenvalue weighted by Gasteiger charge is 2.28. The molecule has 0 aliphatic carbocycles. The molecular weight excluding hydrogens is 394 g/mol. The molecule has 1 fully saturated rings. The van der Waals surface area contributed by atoms with Crippen LogP contribution in [0.5, 0.6) is 0 Å². The zero-order chi connectivity index (χ0) is 21.1. The molecule has 3 rings (SSSR count). The van der Waals surface area contributed by atoms with Gasteiger partial charge in [0.1, 0.15) is 10.7 Å². The van der Waals surface area contributed by atoms with Gasteiger partial charge < -0.3 is 14.4 Å². The van der Waals surface area contributed by atoms with E-state index in [9.17, 15) is 9.59 Å². The van der Waals surface area contributed by atoms with Crippen molar-refractivity contribution in [1.82, 2.24) is 14.7 Å². The second-order valence-electron chi connectivity index (χ2n) is 7.53. The van der Waals surface area contributed by atoms with E-state index in [1.807, 2.05) is 45.0 Å². The maximum absolute atomic E-state index is 12.6. The maximum Gasteiger partial charge on any atom is 0.343 e. The van der Waals surface area contributed by atoms with E-state index in [1.165, 1.54) is 0 Å². The minimum absolute atomic E-state index is 0.0462. The Morgan fingerprint density at radius 2 is 1.79 bits per heavy atom. The molecule has 1 amide bonds. The van der Waals surface area contributed by atoms with Gasteiger partial charge in [0, 0.05) is 13.1 Å². The van der Waals surface area contributed by atoms with Crippen LogP contribution >= 0.6 is 11.6 Å². The van der Waals surface area contributed by atoms with Gasteiger partial charge in [-0.1, -0.05) is 41.4 Å². The van der Waals surface area contributed by atoms with Gasteiger partial charge in [0.25, 0.3) is 5.91 Å². The number of aromatic nitrogens is 2. The third-order valence-electron chi connectivity index (χ3n) is 4.82. The Morgan fingerprint density at radius 3 is 2.41 bits per heavy atom. The molecule has 0 N–H and O–H groups in total. The number of esters is 1. The van der Waals surface area contributed by atoms with Crippen molar-refractivity contribution in [2.75, 3.05) is 19.7 Å². The molecular formula is C21H26ClN3O4. The molecule has 0 saturated carbocycles. The van der Waals surface area contributed by atoms with E-state index in [1.54, 1.807) is 16.5 Å². The second kappa shape index (κ2) is 8.97. The van der Waals surface area contributed by atoms with E-state index in [0.717, 1.165) is 11.1 Å². The number of ether oxygens (including phenoxy) is 2. The average molecular weight is 420 g/mol. The molecule has 7 nitrogen and oxygen atoms in total. The van der Waals surface area contributed by atoms with E-state index >= 15 is 0 Å². The van der Waals surface area contributed by atoms with E-state index in [-0.39, 0.29) is 35.4 Å². The fourth-order valence-electron chi connectivity index (χ4n) is 3.43. The lowest BCUT2D eigenvalue weighted by molar-refractivity contribution is -0.146. The van der Waals surface area contributed by atoms with Crippen LogP contribution in [-0.4, -0.2) is 58.5 Å². The molecule has 8 heteroatoms. The molecule has 2 heterocycles. The van der Waals surface area contributed by atoms with Crippen LogP contribution in [0.3, 0.4) is 0 Å². The Kier molecular flexibility index (Phi) is 6.59. The topological polar surface area (TPSA) is 73.7 Å². The zero-order valence-electron chi connectivity index (χ0n) is 17.1. The monoisotopic (exact) mass is 419 g/mol. The first kappa shape index (κ1) is 21.3. The van der Waals surface area contributed by atoms with Gasteiger partial charge in [-0.2, -0.15) is 5.10 Å². The van der Waals surface area contributed by atoms with Gasteiger partial charge in [0.15, 0.2) is 6.61 Å². The Balaban J connectivity index is 1.64. The zero-order valence-corrected chi connectivity index (χ0v) is 17.9. The highest BCUT2D eigenvalue weighted by Crippen LogP contribution is 2.22. The van der Waals surface area contributed by atoms with Gasteiger partial charge in [-0.3, -0.25) is 4.79 Å². The van der Waals surface area contributed by atoms with Crippen molar-refractivity contribution in [3.63, 3.8) is 0 Å². The van der Waals surface area contributed by atoms with Crippen molar-refractivity contribution in [3.8, 4) is 0 Å². The van der Waals surface area contributed by atoms with Gasteiger partial charge in [-0.05, 0) is 33.3 Å². The molecule has 1 aliphatic rings. The highest BCUT2D eigenvalue weighted by atomic mass is 35.5. The van der Waals surface area contributed by atoms with E-state index in [0.29, 0.717) is 25.3 Å². The maximum atomic E-state index is 12.6. The van der Waals surface area contributed by atoms with Crippen LogP contribution in [-0.2, 0) is 20.8 Å². The minimum atomic E-state index is -0.648. The normalized spacial score (nSPS) is 19.3. The number of hydrogen-bond donors (Lipinski definition) is 0. The van der Waals surface area contributed by atoms with E-state index < -0.39 is 5.97 Å². The molecule has 29 heavy (non-hydrogen) atoms. The number of hydrogen-bond acceptors (Lipinski definition) is 5. The number of halogens is 1. The van der Waals surface area contributed by atoms with Gasteiger partial charge in [0.05, 0.1) is 24.4 Å². The van der Waals surface area contributed by atoms with Crippen molar-refractivity contribution in [1.29, 1.82) is 0 Å². The standard InChI is InChI=1S/C21H26ClN3O4/c1-13-5-7-17(8-6-13)11-25-20(22)19(16(4)23-25)21(27)28-12-18(26)24-9-14(2)29-15(3)10-24/h5-8,14-15H,9-12H2,1-4H3/t14-,15+.